The average Bonchev–Trinajstić information content (AvgIpc) is 3.23. The molecule has 0 aliphatic heterocycles. The zero-order chi connectivity index (χ0) is 21.4. The lowest BCUT2D eigenvalue weighted by Gasteiger charge is -2.26. The maximum atomic E-state index is 7.11. The number of benzene rings is 4. The normalized spacial score (nSPS) is 30.4. The van der Waals surface area contributed by atoms with Gasteiger partial charge in [-0.25, -0.2) is 0 Å². The Labute approximate surface area is 183 Å². The Kier molecular flexibility index (Phi) is 3.63. The van der Waals surface area contributed by atoms with Gasteiger partial charge >= 0.3 is 0 Å². The minimum absolute atomic E-state index is 0.0811. The highest BCUT2D eigenvalue weighted by Crippen LogP contribution is 2.71. The molecule has 2 N–H and O–H groups in total. The highest BCUT2D eigenvalue weighted by atomic mass is 14.7. The zero-order valence-corrected chi connectivity index (χ0v) is 18.3. The van der Waals surface area contributed by atoms with Crippen LogP contribution < -0.4 is 5.73 Å². The van der Waals surface area contributed by atoms with Gasteiger partial charge in [0, 0.05) is 22.2 Å². The van der Waals surface area contributed by atoms with Gasteiger partial charge in [-0.05, 0) is 44.0 Å². The van der Waals surface area contributed by atoms with Crippen molar-refractivity contribution in [2.45, 2.75) is 26.2 Å². The van der Waals surface area contributed by atoms with E-state index in [1.54, 1.807) is 0 Å². The molecule has 2 unspecified atom stereocenters. The van der Waals surface area contributed by atoms with Crippen LogP contribution in [0.25, 0.3) is 32.8 Å². The van der Waals surface area contributed by atoms with Crippen molar-refractivity contribution in [1.29, 1.82) is 0 Å². The molecule has 152 valence electrons. The molecule has 1 nitrogen and oxygen atoms in total. The summed E-state index contributed by atoms with van der Waals surface area (Å²) in [4.78, 5) is 0. The molecule has 4 aromatic rings. The van der Waals surface area contributed by atoms with Crippen LogP contribution in [0.4, 0.5) is 0 Å². The van der Waals surface area contributed by atoms with Crippen LogP contribution in [-0.4, -0.2) is 0 Å². The van der Waals surface area contributed by atoms with Crippen molar-refractivity contribution in [2.24, 2.45) is 17.1 Å². The molecule has 0 saturated heterocycles. The quantitative estimate of drug-likeness (QED) is 0.356. The summed E-state index contributed by atoms with van der Waals surface area (Å²) < 4.78 is 0. The van der Waals surface area contributed by atoms with Crippen LogP contribution in [0.15, 0.2) is 91.0 Å². The molecular weight excluding hydrogens is 374 g/mol. The van der Waals surface area contributed by atoms with Crippen molar-refractivity contribution in [1.82, 2.24) is 0 Å². The summed E-state index contributed by atoms with van der Waals surface area (Å²) in [7, 11) is 0. The number of hydrogen-bond donors (Lipinski definition) is 1. The van der Waals surface area contributed by atoms with E-state index in [2.05, 4.69) is 112 Å². The first-order valence-electron chi connectivity index (χ1n) is 11.2. The molecule has 0 bridgehead atoms. The number of hydrogen-bond acceptors (Lipinski definition) is 1. The molecule has 2 aliphatic rings. The molecule has 0 radical (unpaired) electrons. The van der Waals surface area contributed by atoms with Gasteiger partial charge in [0.05, 0.1) is 0 Å². The number of fused-ring (bicyclic) bond motifs is 6. The topological polar surface area (TPSA) is 26.0 Å². The molecule has 1 saturated carbocycles. The molecule has 3 atom stereocenters. The lowest BCUT2D eigenvalue weighted by atomic mass is 9.79. The Morgan fingerprint density at radius 2 is 1.39 bits per heavy atom. The number of nitrogens with two attached hydrogens (primary N) is 1. The molecule has 0 amide bonds. The first-order chi connectivity index (χ1) is 15.0. The van der Waals surface area contributed by atoms with E-state index in [4.69, 9.17) is 5.73 Å². The summed E-state index contributed by atoms with van der Waals surface area (Å²) in [5.41, 5.74) is 13.1. The van der Waals surface area contributed by atoms with Crippen LogP contribution >= 0.6 is 0 Å². The summed E-state index contributed by atoms with van der Waals surface area (Å²) in [6.07, 6.45) is 4.71. The Balaban J connectivity index is 1.76. The molecule has 2 aliphatic carbocycles. The van der Waals surface area contributed by atoms with E-state index in [0.29, 0.717) is 5.92 Å². The second-order valence-corrected chi connectivity index (χ2v) is 9.60. The van der Waals surface area contributed by atoms with Crippen molar-refractivity contribution in [3.05, 3.63) is 108 Å². The number of rotatable bonds is 1. The highest BCUT2D eigenvalue weighted by molar-refractivity contribution is 6.08. The zero-order valence-electron chi connectivity index (χ0n) is 18.3. The van der Waals surface area contributed by atoms with E-state index >= 15 is 0 Å². The Bertz CT molecular complexity index is 1430. The van der Waals surface area contributed by atoms with E-state index in [1.165, 1.54) is 38.2 Å². The monoisotopic (exact) mass is 401 g/mol. The van der Waals surface area contributed by atoms with Crippen molar-refractivity contribution in [3.63, 3.8) is 0 Å². The van der Waals surface area contributed by atoms with E-state index in [9.17, 15) is 0 Å². The predicted molar refractivity (Wildman–Crippen MR) is 133 cm³/mol. The molecular formula is C30H27N. The second kappa shape index (κ2) is 6.11. The van der Waals surface area contributed by atoms with E-state index < -0.39 is 0 Å². The molecule has 0 spiro atoms. The SMILES string of the molecule is C[C@@H]1C2(C)/C=C\C(c3cccc4ccccc34)=C(/N)c3c(ccc4ccccc34)C12C. The third kappa shape index (κ3) is 2.27. The average molecular weight is 402 g/mol. The first-order valence-corrected chi connectivity index (χ1v) is 11.2. The fourth-order valence-corrected chi connectivity index (χ4v) is 6.10. The summed E-state index contributed by atoms with van der Waals surface area (Å²) in [6.45, 7) is 7.18. The van der Waals surface area contributed by atoms with E-state index in [-0.39, 0.29) is 10.8 Å². The summed E-state index contributed by atoms with van der Waals surface area (Å²) in [5.74, 6) is 0.552. The van der Waals surface area contributed by atoms with E-state index in [0.717, 1.165) is 11.3 Å². The van der Waals surface area contributed by atoms with Gasteiger partial charge in [0.2, 0.25) is 0 Å². The Morgan fingerprint density at radius 1 is 0.742 bits per heavy atom. The fourth-order valence-electron chi connectivity index (χ4n) is 6.10. The smallest absolute Gasteiger partial charge is 0.0476 e. The van der Waals surface area contributed by atoms with Crippen LogP contribution in [0.2, 0.25) is 0 Å². The fraction of sp³-hybridized carbons (Fsp3) is 0.200. The minimum atomic E-state index is 0.0811. The van der Waals surface area contributed by atoms with Gasteiger partial charge in [-0.1, -0.05) is 112 Å². The van der Waals surface area contributed by atoms with Gasteiger partial charge in [0.15, 0.2) is 0 Å². The van der Waals surface area contributed by atoms with Crippen molar-refractivity contribution in [2.75, 3.05) is 0 Å². The molecule has 6 rings (SSSR count). The number of allylic oxidation sites excluding steroid dienone is 3. The summed E-state index contributed by atoms with van der Waals surface area (Å²) in [6, 6.07) is 28.3. The lowest BCUT2D eigenvalue weighted by Crippen LogP contribution is -2.17. The van der Waals surface area contributed by atoms with Crippen LogP contribution in [0.1, 0.15) is 37.5 Å². The largest absolute Gasteiger partial charge is 0.398 e. The van der Waals surface area contributed by atoms with Crippen LogP contribution in [0.3, 0.4) is 0 Å². The van der Waals surface area contributed by atoms with Crippen LogP contribution in [0.5, 0.6) is 0 Å². The van der Waals surface area contributed by atoms with Crippen LogP contribution in [-0.2, 0) is 5.41 Å². The molecule has 4 aromatic carbocycles. The van der Waals surface area contributed by atoms with Crippen molar-refractivity contribution in [3.8, 4) is 0 Å². The van der Waals surface area contributed by atoms with E-state index in [1.807, 2.05) is 0 Å². The summed E-state index contributed by atoms with van der Waals surface area (Å²) >= 11 is 0. The van der Waals surface area contributed by atoms with Gasteiger partial charge in [0.1, 0.15) is 0 Å². The Morgan fingerprint density at radius 3 is 2.16 bits per heavy atom. The molecule has 0 heterocycles. The maximum Gasteiger partial charge on any atom is 0.0476 e. The van der Waals surface area contributed by atoms with Gasteiger partial charge in [-0.2, -0.15) is 0 Å². The van der Waals surface area contributed by atoms with Gasteiger partial charge in [0.25, 0.3) is 0 Å². The van der Waals surface area contributed by atoms with Crippen molar-refractivity contribution < 1.29 is 0 Å². The maximum absolute atomic E-state index is 7.11. The third-order valence-corrected chi connectivity index (χ3v) is 8.53. The molecule has 0 aromatic heterocycles. The molecule has 1 fully saturated rings. The van der Waals surface area contributed by atoms with Gasteiger partial charge in [-0.15, -0.1) is 0 Å². The van der Waals surface area contributed by atoms with Gasteiger partial charge in [-0.3, -0.25) is 0 Å². The minimum Gasteiger partial charge on any atom is -0.398 e. The summed E-state index contributed by atoms with van der Waals surface area (Å²) in [5, 5.41) is 4.97. The highest BCUT2D eigenvalue weighted by Gasteiger charge is 2.68. The predicted octanol–water partition coefficient (Wildman–Crippen LogP) is 7.30. The second-order valence-electron chi connectivity index (χ2n) is 9.60. The van der Waals surface area contributed by atoms with Crippen LogP contribution in [0, 0.1) is 11.3 Å². The molecule has 1 heteroatoms. The molecule has 31 heavy (non-hydrogen) atoms. The first kappa shape index (κ1) is 18.4. The lowest BCUT2D eigenvalue weighted by molar-refractivity contribution is 0.586. The standard InChI is InChI=1S/C30H27N/c1-19-29(2)18-17-25(24-14-8-11-20-9-4-6-12-22(20)24)28(31)27-23-13-7-5-10-21(23)15-16-26(27)30(19,29)3/h4-19H,31H2,1-3H3/b18-17-,28-25+/t19-,29?,30?/m1/s1. The Hall–Kier alpha value is -3.32. The van der Waals surface area contributed by atoms with Crippen molar-refractivity contribution >= 4 is 32.8 Å². The van der Waals surface area contributed by atoms with Gasteiger partial charge < -0.3 is 5.73 Å². The third-order valence-electron chi connectivity index (χ3n) is 8.53.